The number of halogens is 3. The number of nitrogens with one attached hydrogen (secondary N) is 1. The van der Waals surface area contributed by atoms with Crippen molar-refractivity contribution < 1.29 is 37.4 Å². The molecule has 1 fully saturated rings. The number of hydrogen-bond acceptors (Lipinski definition) is 8. The topological polar surface area (TPSA) is 123 Å². The van der Waals surface area contributed by atoms with Crippen molar-refractivity contribution in [2.45, 2.75) is 51.1 Å². The maximum absolute atomic E-state index is 11.4. The second-order valence-electron chi connectivity index (χ2n) is 6.38. The van der Waals surface area contributed by atoms with Crippen LogP contribution in [0.5, 0.6) is 0 Å². The Kier molecular flexibility index (Phi) is 11.3. The molecule has 9 nitrogen and oxygen atoms in total. The van der Waals surface area contributed by atoms with Crippen LogP contribution in [0, 0.1) is 0 Å². The van der Waals surface area contributed by atoms with Crippen LogP contribution >= 0.6 is 11.8 Å². The fourth-order valence-corrected chi connectivity index (χ4v) is 3.53. The van der Waals surface area contributed by atoms with E-state index >= 15 is 0 Å². The monoisotopic (exact) mass is 466 g/mol. The first-order valence-electron chi connectivity index (χ1n) is 9.47. The molecule has 1 aromatic rings. The van der Waals surface area contributed by atoms with Crippen molar-refractivity contribution >= 4 is 34.9 Å². The number of aliphatic carboxylic acids is 1. The van der Waals surface area contributed by atoms with Crippen LogP contribution in [0.2, 0.25) is 0 Å². The molecule has 1 atom stereocenters. The zero-order valence-electron chi connectivity index (χ0n) is 17.1. The Labute approximate surface area is 181 Å². The first-order valence-corrected chi connectivity index (χ1v) is 10.3. The van der Waals surface area contributed by atoms with E-state index in [-0.39, 0.29) is 16.3 Å². The Morgan fingerprint density at radius 1 is 1.42 bits per heavy atom. The van der Waals surface area contributed by atoms with Gasteiger partial charge in [0.15, 0.2) is 5.12 Å². The van der Waals surface area contributed by atoms with Crippen LogP contribution in [0.4, 0.5) is 13.2 Å². The number of alkyl halides is 3. The lowest BCUT2D eigenvalue weighted by Gasteiger charge is -2.24. The zero-order chi connectivity index (χ0) is 23.4. The number of esters is 1. The van der Waals surface area contributed by atoms with Crippen LogP contribution < -0.4 is 5.32 Å². The number of aryl methyl sites for hydroxylation is 1. The lowest BCUT2D eigenvalue weighted by molar-refractivity contribution is -0.192. The average Bonchev–Trinajstić information content (AvgIpc) is 3.10. The largest absolute Gasteiger partial charge is 0.490 e. The van der Waals surface area contributed by atoms with Crippen molar-refractivity contribution in [3.63, 3.8) is 0 Å². The fourth-order valence-electron chi connectivity index (χ4n) is 2.59. The van der Waals surface area contributed by atoms with Gasteiger partial charge in [0.25, 0.3) is 0 Å². The van der Waals surface area contributed by atoms with Crippen LogP contribution in [0.25, 0.3) is 6.08 Å². The molecule has 1 saturated heterocycles. The zero-order valence-corrected chi connectivity index (χ0v) is 18.0. The normalized spacial score (nSPS) is 17.6. The summed E-state index contributed by atoms with van der Waals surface area (Å²) in [5.74, 6) is -2.94. The Bertz CT molecular complexity index is 782. The molecule has 0 aliphatic carbocycles. The number of carboxylic acid groups (broad SMARTS) is 1. The van der Waals surface area contributed by atoms with Gasteiger partial charge in [-0.05, 0) is 38.0 Å². The summed E-state index contributed by atoms with van der Waals surface area (Å²) in [6.07, 6.45) is 0.634. The molecule has 0 bridgehead atoms. The van der Waals surface area contributed by atoms with Gasteiger partial charge in [-0.15, -0.1) is 5.10 Å². The number of hydrogen-bond donors (Lipinski definition) is 2. The third-order valence-corrected chi connectivity index (χ3v) is 5.07. The van der Waals surface area contributed by atoms with E-state index in [0.717, 1.165) is 25.2 Å². The molecule has 13 heteroatoms. The number of aromatic nitrogens is 3. The minimum atomic E-state index is -5.08. The van der Waals surface area contributed by atoms with Crippen molar-refractivity contribution in [2.75, 3.05) is 19.7 Å². The van der Waals surface area contributed by atoms with Crippen molar-refractivity contribution in [2.24, 2.45) is 0 Å². The molecule has 0 radical (unpaired) electrons. The molecule has 174 valence electrons. The minimum absolute atomic E-state index is 0.133. The van der Waals surface area contributed by atoms with Gasteiger partial charge >= 0.3 is 18.1 Å². The molecule has 0 spiro atoms. The summed E-state index contributed by atoms with van der Waals surface area (Å²) in [4.78, 5) is 31.7. The number of carbonyl (C=O) groups is 3. The van der Waals surface area contributed by atoms with Crippen LogP contribution in [0.15, 0.2) is 11.8 Å². The van der Waals surface area contributed by atoms with Gasteiger partial charge in [-0.25, -0.2) is 9.48 Å². The molecule has 2 heterocycles. The van der Waals surface area contributed by atoms with Gasteiger partial charge in [-0.1, -0.05) is 17.0 Å². The average molecular weight is 466 g/mol. The van der Waals surface area contributed by atoms with Crippen LogP contribution in [-0.2, 0) is 25.7 Å². The maximum atomic E-state index is 11.4. The highest BCUT2D eigenvalue weighted by atomic mass is 32.2. The minimum Gasteiger partial charge on any atom is -0.475 e. The van der Waals surface area contributed by atoms with Crippen molar-refractivity contribution in [3.8, 4) is 0 Å². The molecular formula is C18H25F3N4O5S. The number of piperidine rings is 1. The molecule has 1 aromatic heterocycles. The molecule has 1 aliphatic heterocycles. The molecule has 0 amide bonds. The quantitative estimate of drug-likeness (QED) is 0.583. The molecule has 31 heavy (non-hydrogen) atoms. The predicted molar refractivity (Wildman–Crippen MR) is 107 cm³/mol. The number of thioether (sulfide) groups is 1. The van der Waals surface area contributed by atoms with Gasteiger partial charge in [0.2, 0.25) is 0 Å². The Balaban J connectivity index is 0.000000592. The Morgan fingerprint density at radius 3 is 2.68 bits per heavy atom. The van der Waals surface area contributed by atoms with Gasteiger partial charge in [-0.3, -0.25) is 9.59 Å². The van der Waals surface area contributed by atoms with E-state index in [0.29, 0.717) is 26.0 Å². The van der Waals surface area contributed by atoms with E-state index in [1.807, 2.05) is 0 Å². The number of carboxylic acids is 1. The molecule has 0 aromatic carbocycles. The van der Waals surface area contributed by atoms with Crippen molar-refractivity contribution in [1.29, 1.82) is 0 Å². The summed E-state index contributed by atoms with van der Waals surface area (Å²) in [7, 11) is 0. The molecule has 1 unspecified atom stereocenters. The van der Waals surface area contributed by atoms with Gasteiger partial charge < -0.3 is 15.2 Å². The molecule has 0 saturated carbocycles. The van der Waals surface area contributed by atoms with Crippen molar-refractivity contribution in [1.82, 2.24) is 20.3 Å². The SMILES string of the molecule is CCOC(=O)CCCn1nncc1C=C1CNCCC1SC(C)=O.O=C(O)C(F)(F)F. The first-order chi connectivity index (χ1) is 14.5. The van der Waals surface area contributed by atoms with Crippen LogP contribution in [0.1, 0.15) is 38.8 Å². The third-order valence-electron chi connectivity index (χ3n) is 3.91. The second kappa shape index (κ2) is 13.1. The fraction of sp³-hybridized carbons (Fsp3) is 0.611. The number of ether oxygens (including phenoxy) is 1. The molecule has 2 N–H and O–H groups in total. The lowest BCUT2D eigenvalue weighted by Crippen LogP contribution is -2.32. The van der Waals surface area contributed by atoms with Crippen LogP contribution in [-0.4, -0.2) is 68.3 Å². The standard InChI is InChI=1S/C16H24N4O3S.C2HF3O2/c1-3-23-16(22)5-4-8-20-14(11-18-19-20)9-13-10-17-7-6-15(13)24-12(2)21;3-2(4,5)1(6)7/h9,11,15,17H,3-8,10H2,1-2H3;(H,6,7). The van der Waals surface area contributed by atoms with E-state index in [9.17, 15) is 22.8 Å². The number of rotatable bonds is 7. The highest BCUT2D eigenvalue weighted by molar-refractivity contribution is 8.14. The highest BCUT2D eigenvalue weighted by Gasteiger charge is 2.38. The predicted octanol–water partition coefficient (Wildman–Crippen LogP) is 2.28. The molecule has 1 aliphatic rings. The first kappa shape index (κ1) is 26.6. The number of nitrogens with zero attached hydrogens (tertiary/aromatic N) is 3. The number of carbonyl (C=O) groups excluding carboxylic acids is 2. The second-order valence-corrected chi connectivity index (χ2v) is 7.76. The van der Waals surface area contributed by atoms with E-state index in [1.165, 1.54) is 17.3 Å². The summed E-state index contributed by atoms with van der Waals surface area (Å²) in [5.41, 5.74) is 2.07. The smallest absolute Gasteiger partial charge is 0.475 e. The third kappa shape index (κ3) is 10.4. The van der Waals surface area contributed by atoms with E-state index in [2.05, 4.69) is 21.7 Å². The summed E-state index contributed by atoms with van der Waals surface area (Å²) in [6.45, 7) is 6.09. The van der Waals surface area contributed by atoms with E-state index in [4.69, 9.17) is 14.6 Å². The molecule has 2 rings (SSSR count). The van der Waals surface area contributed by atoms with Gasteiger partial charge in [0.1, 0.15) is 0 Å². The highest BCUT2D eigenvalue weighted by Crippen LogP contribution is 2.27. The summed E-state index contributed by atoms with van der Waals surface area (Å²) >= 11 is 1.38. The van der Waals surface area contributed by atoms with E-state index < -0.39 is 12.1 Å². The summed E-state index contributed by atoms with van der Waals surface area (Å²) in [6, 6.07) is 0. The van der Waals surface area contributed by atoms with E-state index in [1.54, 1.807) is 24.7 Å². The lowest BCUT2D eigenvalue weighted by atomic mass is 10.0. The van der Waals surface area contributed by atoms with Gasteiger partial charge in [0, 0.05) is 31.7 Å². The Hall–Kier alpha value is -2.41. The maximum Gasteiger partial charge on any atom is 0.490 e. The van der Waals surface area contributed by atoms with Gasteiger partial charge in [0.05, 0.1) is 18.5 Å². The summed E-state index contributed by atoms with van der Waals surface area (Å²) in [5, 5.41) is 18.8. The van der Waals surface area contributed by atoms with Gasteiger partial charge in [-0.2, -0.15) is 13.2 Å². The summed E-state index contributed by atoms with van der Waals surface area (Å²) < 4.78 is 38.4. The van der Waals surface area contributed by atoms with Crippen LogP contribution in [0.3, 0.4) is 0 Å². The Morgan fingerprint density at radius 2 is 2.10 bits per heavy atom. The molecular weight excluding hydrogens is 441 g/mol. The van der Waals surface area contributed by atoms with Crippen molar-refractivity contribution in [3.05, 3.63) is 17.5 Å².